The quantitative estimate of drug-likeness (QED) is 0.0199. The van der Waals surface area contributed by atoms with Crippen LogP contribution in [0.25, 0.3) is 0 Å². The maximum absolute atomic E-state index is 12.6. The molecule has 60 heavy (non-hydrogen) atoms. The minimum absolute atomic E-state index is 0.0448. The summed E-state index contributed by atoms with van der Waals surface area (Å²) in [7, 11) is -4.40. The number of carbonyl (C=O) groups excluding carboxylic acids is 2. The van der Waals surface area contributed by atoms with E-state index in [1.54, 1.807) is 0 Å². The highest BCUT2D eigenvalue weighted by atomic mass is 31.2. The van der Waals surface area contributed by atoms with Crippen LogP contribution in [0.4, 0.5) is 0 Å². The summed E-state index contributed by atoms with van der Waals surface area (Å²) >= 11 is 0. The van der Waals surface area contributed by atoms with Crippen molar-refractivity contribution in [3.05, 3.63) is 36.5 Å². The van der Waals surface area contributed by atoms with Gasteiger partial charge in [0.2, 0.25) is 0 Å². The van der Waals surface area contributed by atoms with Crippen LogP contribution in [0.5, 0.6) is 0 Å². The molecule has 4 atom stereocenters. The van der Waals surface area contributed by atoms with E-state index in [4.69, 9.17) is 29.0 Å². The fraction of sp³-hybridized carbons (Fsp3) is 0.837. The molecule has 0 spiro atoms. The molecular formula is C49H90NO9P. The second-order valence-corrected chi connectivity index (χ2v) is 18.2. The molecule has 0 radical (unpaired) electrons. The summed E-state index contributed by atoms with van der Waals surface area (Å²) in [4.78, 5) is 35.0. The first-order chi connectivity index (χ1) is 29.3. The molecule has 0 aliphatic carbocycles. The Morgan fingerprint density at radius 2 is 1.03 bits per heavy atom. The Morgan fingerprint density at radius 3 is 1.58 bits per heavy atom. The van der Waals surface area contributed by atoms with Crippen LogP contribution in [0.2, 0.25) is 0 Å². The molecule has 1 fully saturated rings. The first kappa shape index (κ1) is 56.2. The zero-order valence-corrected chi connectivity index (χ0v) is 39.3. The lowest BCUT2D eigenvalue weighted by molar-refractivity contribution is -0.161. The van der Waals surface area contributed by atoms with Crippen molar-refractivity contribution >= 4 is 19.8 Å². The van der Waals surface area contributed by atoms with E-state index in [-0.39, 0.29) is 32.6 Å². The molecule has 3 N–H and O–H groups in total. The van der Waals surface area contributed by atoms with Gasteiger partial charge in [0, 0.05) is 19.4 Å². The van der Waals surface area contributed by atoms with E-state index in [9.17, 15) is 19.0 Å². The zero-order chi connectivity index (χ0) is 43.6. The van der Waals surface area contributed by atoms with Gasteiger partial charge in [0.15, 0.2) is 6.10 Å². The Balaban J connectivity index is 2.14. The van der Waals surface area contributed by atoms with E-state index < -0.39 is 32.5 Å². The summed E-state index contributed by atoms with van der Waals surface area (Å²) in [5.41, 5.74) is 5.36. The molecule has 0 saturated carbocycles. The van der Waals surface area contributed by atoms with Crippen LogP contribution in [-0.2, 0) is 37.4 Å². The lowest BCUT2D eigenvalue weighted by Gasteiger charge is -2.19. The topological polar surface area (TPSA) is 147 Å². The highest BCUT2D eigenvalue weighted by Gasteiger charge is 2.36. The number of nitrogens with two attached hydrogens (primary N) is 1. The van der Waals surface area contributed by atoms with Gasteiger partial charge in [-0.2, -0.15) is 0 Å². The third kappa shape index (κ3) is 37.9. The molecule has 1 heterocycles. The minimum atomic E-state index is -4.40. The third-order valence-corrected chi connectivity index (χ3v) is 11.9. The molecule has 11 heteroatoms. The Morgan fingerprint density at radius 1 is 0.583 bits per heavy atom. The normalized spacial score (nSPS) is 16.9. The van der Waals surface area contributed by atoms with Gasteiger partial charge in [0.05, 0.1) is 25.4 Å². The molecule has 0 bridgehead atoms. The average molecular weight is 868 g/mol. The lowest BCUT2D eigenvalue weighted by atomic mass is 10.0. The number of unbranched alkanes of at least 4 members (excludes halogenated alkanes) is 24. The molecule has 1 rings (SSSR count). The fourth-order valence-corrected chi connectivity index (χ4v) is 7.91. The largest absolute Gasteiger partial charge is 0.472 e. The van der Waals surface area contributed by atoms with Crippen LogP contribution >= 0.6 is 7.82 Å². The van der Waals surface area contributed by atoms with Gasteiger partial charge in [-0.3, -0.25) is 18.6 Å². The third-order valence-electron chi connectivity index (χ3n) is 10.9. The van der Waals surface area contributed by atoms with E-state index in [2.05, 4.69) is 50.3 Å². The van der Waals surface area contributed by atoms with Gasteiger partial charge >= 0.3 is 19.8 Å². The Bertz CT molecular complexity index is 1150. The predicted molar refractivity (Wildman–Crippen MR) is 247 cm³/mol. The van der Waals surface area contributed by atoms with Gasteiger partial charge in [-0.05, 0) is 51.4 Å². The van der Waals surface area contributed by atoms with Crippen molar-refractivity contribution in [1.29, 1.82) is 0 Å². The molecule has 0 aromatic rings. The average Bonchev–Trinajstić information content (AvgIpc) is 3.99. The van der Waals surface area contributed by atoms with Crippen molar-refractivity contribution in [2.75, 3.05) is 26.4 Å². The summed E-state index contributed by atoms with van der Waals surface area (Å²) < 4.78 is 38.6. The second kappa shape index (κ2) is 41.2. The van der Waals surface area contributed by atoms with Crippen molar-refractivity contribution in [3.63, 3.8) is 0 Å². The van der Waals surface area contributed by atoms with Crippen molar-refractivity contribution in [3.8, 4) is 0 Å². The first-order valence-corrected chi connectivity index (χ1v) is 26.1. The number of hydrogen-bond donors (Lipinski definition) is 2. The number of phosphoric ester groups is 1. The molecule has 3 unspecified atom stereocenters. The predicted octanol–water partition coefficient (Wildman–Crippen LogP) is 13.5. The van der Waals surface area contributed by atoms with Crippen LogP contribution in [0.3, 0.4) is 0 Å². The van der Waals surface area contributed by atoms with Crippen molar-refractivity contribution < 1.29 is 42.3 Å². The fourth-order valence-electron chi connectivity index (χ4n) is 7.14. The molecule has 0 amide bonds. The molecule has 1 aliphatic rings. The summed E-state index contributed by atoms with van der Waals surface area (Å²) in [5.74, 6) is -0.892. The van der Waals surface area contributed by atoms with Gasteiger partial charge in [0.25, 0.3) is 0 Å². The van der Waals surface area contributed by atoms with E-state index in [0.29, 0.717) is 25.0 Å². The Labute approximate surface area is 367 Å². The van der Waals surface area contributed by atoms with Crippen molar-refractivity contribution in [2.45, 2.75) is 238 Å². The number of rotatable bonds is 45. The SMILES string of the molecule is CCCCC/C=C\CC1OC1C/C=C\C/C=C\CCCC(=O)OC[C@H](COP(=O)(O)OCCN)OC(=O)CCCCCCCCCCCCCCCCCCCCCCC. The summed E-state index contributed by atoms with van der Waals surface area (Å²) in [6.45, 7) is 3.66. The molecule has 10 nitrogen and oxygen atoms in total. The standard InChI is InChI=1S/C49H90NO9P/c1-3-5-7-9-11-12-13-14-15-16-17-18-19-20-21-22-23-24-27-32-36-40-49(52)58-45(44-57-60(53,54)56-42-41-50)43-55-48(51)39-35-31-28-25-26-30-34-38-47-46(59-47)37-33-29-10-8-6-4-2/h25,28-30,33-34,45-47H,3-24,26-27,31-32,35-44,50H2,1-2H3,(H,53,54)/b28-25-,33-29-,34-30-/t45-,46?,47?/m1/s1. The van der Waals surface area contributed by atoms with Gasteiger partial charge in [-0.25, -0.2) is 4.57 Å². The Hall–Kier alpha value is -1.81. The van der Waals surface area contributed by atoms with Gasteiger partial charge in [0.1, 0.15) is 6.61 Å². The second-order valence-electron chi connectivity index (χ2n) is 16.7. The Kier molecular flexibility index (Phi) is 38.6. The van der Waals surface area contributed by atoms with Gasteiger partial charge in [-0.15, -0.1) is 0 Å². The number of esters is 2. The van der Waals surface area contributed by atoms with Crippen molar-refractivity contribution in [2.24, 2.45) is 5.73 Å². The zero-order valence-electron chi connectivity index (χ0n) is 38.4. The number of epoxide rings is 1. The lowest BCUT2D eigenvalue weighted by Crippen LogP contribution is -2.29. The molecule has 0 aromatic carbocycles. The molecular weight excluding hydrogens is 778 g/mol. The molecule has 1 saturated heterocycles. The highest BCUT2D eigenvalue weighted by Crippen LogP contribution is 2.43. The van der Waals surface area contributed by atoms with Gasteiger partial charge < -0.3 is 24.8 Å². The number of allylic oxidation sites excluding steroid dienone is 4. The number of carbonyl (C=O) groups is 2. The van der Waals surface area contributed by atoms with Crippen LogP contribution in [0.15, 0.2) is 36.5 Å². The number of phosphoric acid groups is 1. The van der Waals surface area contributed by atoms with Gasteiger partial charge in [-0.1, -0.05) is 192 Å². The highest BCUT2D eigenvalue weighted by molar-refractivity contribution is 7.47. The summed E-state index contributed by atoms with van der Waals surface area (Å²) in [5, 5.41) is 0. The number of ether oxygens (including phenoxy) is 3. The monoisotopic (exact) mass is 868 g/mol. The van der Waals surface area contributed by atoms with E-state index in [0.717, 1.165) is 51.4 Å². The first-order valence-electron chi connectivity index (χ1n) is 24.6. The summed E-state index contributed by atoms with van der Waals surface area (Å²) in [6, 6.07) is 0. The molecule has 0 aromatic heterocycles. The van der Waals surface area contributed by atoms with Crippen LogP contribution in [0.1, 0.15) is 219 Å². The molecule has 1 aliphatic heterocycles. The molecule has 350 valence electrons. The summed E-state index contributed by atoms with van der Waals surface area (Å²) in [6.07, 6.45) is 49.3. The van der Waals surface area contributed by atoms with Crippen LogP contribution in [0, 0.1) is 0 Å². The van der Waals surface area contributed by atoms with Crippen LogP contribution in [-0.4, -0.2) is 61.5 Å². The number of hydrogen-bond acceptors (Lipinski definition) is 9. The maximum Gasteiger partial charge on any atom is 0.472 e. The van der Waals surface area contributed by atoms with E-state index in [1.165, 1.54) is 128 Å². The van der Waals surface area contributed by atoms with E-state index in [1.807, 2.05) is 0 Å². The minimum Gasteiger partial charge on any atom is -0.462 e. The smallest absolute Gasteiger partial charge is 0.462 e. The van der Waals surface area contributed by atoms with Crippen molar-refractivity contribution in [1.82, 2.24) is 0 Å². The van der Waals surface area contributed by atoms with E-state index >= 15 is 0 Å². The maximum atomic E-state index is 12.6. The van der Waals surface area contributed by atoms with Crippen LogP contribution < -0.4 is 5.73 Å².